The Bertz CT molecular complexity index is 133. The van der Waals surface area contributed by atoms with Crippen LogP contribution in [0.15, 0.2) is 24.8 Å². The molecule has 0 amide bonds. The first-order valence-electron chi connectivity index (χ1n) is 4.69. The Morgan fingerprint density at radius 2 is 2.27 bits per heavy atom. The summed E-state index contributed by atoms with van der Waals surface area (Å²) in [5.41, 5.74) is 0. The molecule has 0 radical (unpaired) electrons. The van der Waals surface area contributed by atoms with Gasteiger partial charge in [-0.05, 0) is 38.0 Å². The Labute approximate surface area is 70.0 Å². The van der Waals surface area contributed by atoms with Gasteiger partial charge in [0, 0.05) is 0 Å². The zero-order chi connectivity index (χ0) is 7.94. The summed E-state index contributed by atoms with van der Waals surface area (Å²) in [7, 11) is 0. The summed E-state index contributed by atoms with van der Waals surface area (Å²) in [6, 6.07) is 0. The van der Waals surface area contributed by atoms with Gasteiger partial charge in [-0.2, -0.15) is 0 Å². The Balaban J connectivity index is 2.31. The third-order valence-electron chi connectivity index (χ3n) is 2.37. The summed E-state index contributed by atoms with van der Waals surface area (Å²) in [6.07, 6.45) is 14.7. The summed E-state index contributed by atoms with van der Waals surface area (Å²) < 4.78 is 0. The number of hydrogen-bond donors (Lipinski definition) is 0. The maximum absolute atomic E-state index is 3.78. The highest BCUT2D eigenvalue weighted by atomic mass is 14.1. The minimum Gasteiger partial charge on any atom is -0.103 e. The lowest BCUT2D eigenvalue weighted by Gasteiger charge is -2.14. The highest BCUT2D eigenvalue weighted by Crippen LogP contribution is 2.20. The van der Waals surface area contributed by atoms with Crippen molar-refractivity contribution in [2.75, 3.05) is 0 Å². The summed E-state index contributed by atoms with van der Waals surface area (Å²) in [4.78, 5) is 0. The standard InChI is InChI=1S/C11H18/c1-2-8-11-9-6-4-3-5-7-10-11/h2,4,6,11H,1,3,5,7-10H2/b6-4-. The zero-order valence-electron chi connectivity index (χ0n) is 7.26. The minimum atomic E-state index is 0.879. The minimum absolute atomic E-state index is 0.879. The van der Waals surface area contributed by atoms with Crippen molar-refractivity contribution in [3.63, 3.8) is 0 Å². The van der Waals surface area contributed by atoms with Gasteiger partial charge in [-0.15, -0.1) is 6.58 Å². The van der Waals surface area contributed by atoms with Gasteiger partial charge in [-0.3, -0.25) is 0 Å². The van der Waals surface area contributed by atoms with Gasteiger partial charge in [0.05, 0.1) is 0 Å². The normalized spacial score (nSPS) is 28.5. The molecule has 1 unspecified atom stereocenters. The topological polar surface area (TPSA) is 0 Å². The van der Waals surface area contributed by atoms with Crippen LogP contribution in [-0.4, -0.2) is 0 Å². The van der Waals surface area contributed by atoms with Crippen molar-refractivity contribution in [1.82, 2.24) is 0 Å². The van der Waals surface area contributed by atoms with E-state index in [0.717, 1.165) is 5.92 Å². The molecule has 0 spiro atoms. The average Bonchev–Trinajstić information content (AvgIpc) is 1.94. The molecule has 0 aromatic rings. The summed E-state index contributed by atoms with van der Waals surface area (Å²) in [5, 5.41) is 0. The maximum Gasteiger partial charge on any atom is -0.0319 e. The molecule has 0 aromatic heterocycles. The van der Waals surface area contributed by atoms with E-state index < -0.39 is 0 Å². The summed E-state index contributed by atoms with van der Waals surface area (Å²) in [6.45, 7) is 3.78. The fourth-order valence-corrected chi connectivity index (χ4v) is 1.67. The van der Waals surface area contributed by atoms with Gasteiger partial charge in [0.15, 0.2) is 0 Å². The first-order chi connectivity index (χ1) is 5.43. The van der Waals surface area contributed by atoms with E-state index >= 15 is 0 Å². The Hall–Kier alpha value is -0.520. The van der Waals surface area contributed by atoms with Crippen molar-refractivity contribution >= 4 is 0 Å². The van der Waals surface area contributed by atoms with E-state index in [2.05, 4.69) is 24.8 Å². The molecule has 0 saturated carbocycles. The Morgan fingerprint density at radius 1 is 1.36 bits per heavy atom. The molecule has 0 saturated heterocycles. The van der Waals surface area contributed by atoms with Crippen LogP contribution in [0.25, 0.3) is 0 Å². The fraction of sp³-hybridized carbons (Fsp3) is 0.636. The van der Waals surface area contributed by atoms with Crippen LogP contribution >= 0.6 is 0 Å². The lowest BCUT2D eigenvalue weighted by Crippen LogP contribution is -1.99. The third-order valence-corrected chi connectivity index (χ3v) is 2.37. The summed E-state index contributed by atoms with van der Waals surface area (Å²) in [5.74, 6) is 0.879. The fourth-order valence-electron chi connectivity index (χ4n) is 1.67. The van der Waals surface area contributed by atoms with Crippen LogP contribution in [0.2, 0.25) is 0 Å². The van der Waals surface area contributed by atoms with Gasteiger partial charge < -0.3 is 0 Å². The molecule has 0 N–H and O–H groups in total. The highest BCUT2D eigenvalue weighted by molar-refractivity contribution is 4.88. The van der Waals surface area contributed by atoms with Gasteiger partial charge >= 0.3 is 0 Å². The van der Waals surface area contributed by atoms with Crippen LogP contribution in [0, 0.1) is 5.92 Å². The second-order valence-corrected chi connectivity index (χ2v) is 3.38. The zero-order valence-corrected chi connectivity index (χ0v) is 7.26. The van der Waals surface area contributed by atoms with E-state index in [9.17, 15) is 0 Å². The first-order valence-corrected chi connectivity index (χ1v) is 4.69. The lowest BCUT2D eigenvalue weighted by molar-refractivity contribution is 0.462. The molecule has 1 rings (SSSR count). The molecule has 11 heavy (non-hydrogen) atoms. The van der Waals surface area contributed by atoms with E-state index in [1.807, 2.05) is 0 Å². The number of hydrogen-bond acceptors (Lipinski definition) is 0. The predicted octanol–water partition coefficient (Wildman–Crippen LogP) is 3.70. The van der Waals surface area contributed by atoms with E-state index in [4.69, 9.17) is 0 Å². The second-order valence-electron chi connectivity index (χ2n) is 3.38. The SMILES string of the molecule is C=CCC1C/C=C\CCCC1. The largest absolute Gasteiger partial charge is 0.103 e. The van der Waals surface area contributed by atoms with Crippen molar-refractivity contribution in [3.8, 4) is 0 Å². The number of allylic oxidation sites excluding steroid dienone is 3. The molecule has 0 heterocycles. The van der Waals surface area contributed by atoms with Crippen LogP contribution in [0.4, 0.5) is 0 Å². The number of rotatable bonds is 2. The van der Waals surface area contributed by atoms with E-state index in [1.165, 1.54) is 38.5 Å². The Morgan fingerprint density at radius 3 is 3.09 bits per heavy atom. The molecule has 62 valence electrons. The van der Waals surface area contributed by atoms with E-state index in [1.54, 1.807) is 0 Å². The molecule has 0 nitrogen and oxygen atoms in total. The molecular weight excluding hydrogens is 132 g/mol. The monoisotopic (exact) mass is 150 g/mol. The second kappa shape index (κ2) is 5.17. The van der Waals surface area contributed by atoms with Crippen LogP contribution < -0.4 is 0 Å². The molecular formula is C11H18. The van der Waals surface area contributed by atoms with Crippen molar-refractivity contribution in [1.29, 1.82) is 0 Å². The maximum atomic E-state index is 3.78. The molecule has 1 atom stereocenters. The molecule has 0 aromatic carbocycles. The lowest BCUT2D eigenvalue weighted by atomic mass is 9.92. The van der Waals surface area contributed by atoms with E-state index in [0.29, 0.717) is 0 Å². The van der Waals surface area contributed by atoms with Gasteiger partial charge in [-0.25, -0.2) is 0 Å². The van der Waals surface area contributed by atoms with Crippen molar-refractivity contribution < 1.29 is 0 Å². The smallest absolute Gasteiger partial charge is 0.0319 e. The van der Waals surface area contributed by atoms with Gasteiger partial charge in [-0.1, -0.05) is 24.6 Å². The van der Waals surface area contributed by atoms with Crippen LogP contribution in [0.3, 0.4) is 0 Å². The van der Waals surface area contributed by atoms with Crippen molar-refractivity contribution in [3.05, 3.63) is 24.8 Å². The third kappa shape index (κ3) is 3.41. The van der Waals surface area contributed by atoms with Crippen molar-refractivity contribution in [2.24, 2.45) is 5.92 Å². The van der Waals surface area contributed by atoms with Crippen molar-refractivity contribution in [2.45, 2.75) is 38.5 Å². The van der Waals surface area contributed by atoms with Gasteiger partial charge in [0.25, 0.3) is 0 Å². The van der Waals surface area contributed by atoms with Crippen LogP contribution in [-0.2, 0) is 0 Å². The van der Waals surface area contributed by atoms with E-state index in [-0.39, 0.29) is 0 Å². The Kier molecular flexibility index (Phi) is 4.03. The molecule has 1 aliphatic rings. The van der Waals surface area contributed by atoms with Crippen LogP contribution in [0.5, 0.6) is 0 Å². The molecule has 0 aliphatic heterocycles. The predicted molar refractivity (Wildman–Crippen MR) is 50.5 cm³/mol. The highest BCUT2D eigenvalue weighted by Gasteiger charge is 2.05. The van der Waals surface area contributed by atoms with Gasteiger partial charge in [0.1, 0.15) is 0 Å². The van der Waals surface area contributed by atoms with Crippen LogP contribution in [0.1, 0.15) is 38.5 Å². The average molecular weight is 150 g/mol. The van der Waals surface area contributed by atoms with Gasteiger partial charge in [0.2, 0.25) is 0 Å². The molecule has 0 bridgehead atoms. The first kappa shape index (κ1) is 8.58. The molecule has 0 fully saturated rings. The molecule has 1 aliphatic carbocycles. The summed E-state index contributed by atoms with van der Waals surface area (Å²) >= 11 is 0. The quantitative estimate of drug-likeness (QED) is 0.526. The molecule has 0 heteroatoms.